The number of hydrogen-bond acceptors (Lipinski definition) is 5. The van der Waals surface area contributed by atoms with Crippen molar-refractivity contribution in [3.05, 3.63) is 23.0 Å². The molecule has 18 heavy (non-hydrogen) atoms. The maximum Gasteiger partial charge on any atom is 0.341 e. The van der Waals surface area contributed by atoms with Gasteiger partial charge in [-0.2, -0.15) is 0 Å². The number of ether oxygens (including phenoxy) is 1. The number of esters is 1. The molecule has 0 saturated carbocycles. The van der Waals surface area contributed by atoms with Crippen LogP contribution in [-0.2, 0) is 4.74 Å². The van der Waals surface area contributed by atoms with E-state index < -0.39 is 0 Å². The third kappa shape index (κ3) is 2.73. The molecule has 0 aliphatic carbocycles. The summed E-state index contributed by atoms with van der Waals surface area (Å²) in [6, 6.07) is 0. The lowest BCUT2D eigenvalue weighted by molar-refractivity contribution is 0.0526. The van der Waals surface area contributed by atoms with Crippen molar-refractivity contribution in [1.29, 1.82) is 0 Å². The second-order valence-corrected chi connectivity index (χ2v) is 4.38. The van der Waals surface area contributed by atoms with Crippen molar-refractivity contribution < 1.29 is 9.53 Å². The lowest BCUT2D eigenvalue weighted by Crippen LogP contribution is -2.44. The summed E-state index contributed by atoms with van der Waals surface area (Å²) in [6.45, 7) is 5.50. The molecule has 1 aromatic rings. The Kier molecular flexibility index (Phi) is 4.38. The maximum absolute atomic E-state index is 11.9. The molecule has 0 spiro atoms. The fraction of sp³-hybridized carbons (Fsp3) is 0.500. The summed E-state index contributed by atoms with van der Waals surface area (Å²) in [4.78, 5) is 18.0. The van der Waals surface area contributed by atoms with Crippen LogP contribution in [0.25, 0.3) is 0 Å². The van der Waals surface area contributed by atoms with Crippen molar-refractivity contribution >= 4 is 23.3 Å². The molecule has 1 aliphatic rings. The molecule has 1 saturated heterocycles. The number of aromatic nitrogens is 1. The monoisotopic (exact) mass is 269 g/mol. The van der Waals surface area contributed by atoms with Gasteiger partial charge in [0.2, 0.25) is 0 Å². The first kappa shape index (κ1) is 13.1. The van der Waals surface area contributed by atoms with Gasteiger partial charge in [0, 0.05) is 38.6 Å². The van der Waals surface area contributed by atoms with Crippen LogP contribution in [0.3, 0.4) is 0 Å². The summed E-state index contributed by atoms with van der Waals surface area (Å²) in [5.74, 6) is -0.374. The number of halogens is 1. The van der Waals surface area contributed by atoms with Crippen LogP contribution in [-0.4, -0.2) is 43.7 Å². The van der Waals surface area contributed by atoms with Gasteiger partial charge in [0.1, 0.15) is 5.56 Å². The van der Waals surface area contributed by atoms with E-state index in [9.17, 15) is 4.79 Å². The Labute approximate surface area is 111 Å². The minimum absolute atomic E-state index is 0.340. The fourth-order valence-corrected chi connectivity index (χ4v) is 2.27. The number of piperazine rings is 1. The van der Waals surface area contributed by atoms with Gasteiger partial charge in [-0.15, -0.1) is 0 Å². The number of rotatable bonds is 3. The van der Waals surface area contributed by atoms with Crippen LogP contribution in [0.1, 0.15) is 17.3 Å². The Hall–Kier alpha value is -1.33. The van der Waals surface area contributed by atoms with Gasteiger partial charge in [-0.25, -0.2) is 4.79 Å². The molecule has 1 aliphatic heterocycles. The van der Waals surface area contributed by atoms with E-state index >= 15 is 0 Å². The molecule has 2 heterocycles. The molecule has 6 heteroatoms. The Morgan fingerprint density at radius 3 is 2.89 bits per heavy atom. The molecule has 0 unspecified atom stereocenters. The van der Waals surface area contributed by atoms with Crippen LogP contribution in [0.2, 0.25) is 5.02 Å². The van der Waals surface area contributed by atoms with Gasteiger partial charge in [0.25, 0.3) is 0 Å². The summed E-state index contributed by atoms with van der Waals surface area (Å²) in [7, 11) is 0. The third-order valence-corrected chi connectivity index (χ3v) is 3.08. The molecular weight excluding hydrogens is 254 g/mol. The summed E-state index contributed by atoms with van der Waals surface area (Å²) >= 11 is 6.17. The first-order valence-corrected chi connectivity index (χ1v) is 6.38. The van der Waals surface area contributed by atoms with Crippen LogP contribution in [0.4, 0.5) is 5.69 Å². The summed E-state index contributed by atoms with van der Waals surface area (Å²) in [5, 5.41) is 3.75. The lowest BCUT2D eigenvalue weighted by Gasteiger charge is -2.31. The summed E-state index contributed by atoms with van der Waals surface area (Å²) < 4.78 is 5.03. The Morgan fingerprint density at radius 1 is 1.50 bits per heavy atom. The van der Waals surface area contributed by atoms with Gasteiger partial charge in [0.15, 0.2) is 0 Å². The number of carbonyl (C=O) groups excluding carboxylic acids is 1. The molecule has 2 rings (SSSR count). The zero-order valence-electron chi connectivity index (χ0n) is 10.3. The van der Waals surface area contributed by atoms with E-state index in [1.54, 1.807) is 13.1 Å². The van der Waals surface area contributed by atoms with Gasteiger partial charge in [-0.3, -0.25) is 4.98 Å². The van der Waals surface area contributed by atoms with Crippen molar-refractivity contribution in [3.63, 3.8) is 0 Å². The summed E-state index contributed by atoms with van der Waals surface area (Å²) in [6.07, 6.45) is 3.07. The smallest absolute Gasteiger partial charge is 0.341 e. The largest absolute Gasteiger partial charge is 0.462 e. The van der Waals surface area contributed by atoms with Gasteiger partial charge < -0.3 is 15.0 Å². The molecule has 0 radical (unpaired) electrons. The highest BCUT2D eigenvalue weighted by atomic mass is 35.5. The SMILES string of the molecule is CCOC(=O)c1cncc(Cl)c1N1CCNCC1. The predicted molar refractivity (Wildman–Crippen MR) is 70.3 cm³/mol. The van der Waals surface area contributed by atoms with E-state index in [0.717, 1.165) is 31.9 Å². The van der Waals surface area contributed by atoms with E-state index in [-0.39, 0.29) is 5.97 Å². The topological polar surface area (TPSA) is 54.5 Å². The van der Waals surface area contributed by atoms with Gasteiger partial charge in [-0.1, -0.05) is 11.6 Å². The molecule has 0 amide bonds. The Balaban J connectivity index is 2.34. The number of hydrogen-bond donors (Lipinski definition) is 1. The van der Waals surface area contributed by atoms with Crippen LogP contribution in [0, 0.1) is 0 Å². The zero-order valence-corrected chi connectivity index (χ0v) is 11.0. The number of carbonyl (C=O) groups is 1. The highest BCUT2D eigenvalue weighted by Gasteiger charge is 2.22. The van der Waals surface area contributed by atoms with E-state index in [2.05, 4.69) is 15.2 Å². The number of pyridine rings is 1. The normalized spacial score (nSPS) is 15.6. The number of anilines is 1. The fourth-order valence-electron chi connectivity index (χ4n) is 2.00. The Bertz CT molecular complexity index is 433. The minimum atomic E-state index is -0.374. The molecule has 0 bridgehead atoms. The molecule has 5 nitrogen and oxygen atoms in total. The first-order valence-electron chi connectivity index (χ1n) is 6.00. The maximum atomic E-state index is 11.9. The van der Waals surface area contributed by atoms with Crippen molar-refractivity contribution in [2.75, 3.05) is 37.7 Å². The summed E-state index contributed by atoms with van der Waals surface area (Å²) in [5.41, 5.74) is 1.16. The average Bonchev–Trinajstić information content (AvgIpc) is 2.39. The predicted octanol–water partition coefficient (Wildman–Crippen LogP) is 1.32. The second-order valence-electron chi connectivity index (χ2n) is 3.98. The van der Waals surface area contributed by atoms with E-state index in [1.807, 2.05) is 0 Å². The highest BCUT2D eigenvalue weighted by molar-refractivity contribution is 6.34. The molecule has 1 N–H and O–H groups in total. The van der Waals surface area contributed by atoms with Crippen molar-refractivity contribution in [2.24, 2.45) is 0 Å². The first-order chi connectivity index (χ1) is 8.74. The molecule has 0 atom stereocenters. The van der Waals surface area contributed by atoms with Crippen LogP contribution < -0.4 is 10.2 Å². The van der Waals surface area contributed by atoms with E-state index in [4.69, 9.17) is 16.3 Å². The molecule has 1 fully saturated rings. The number of nitrogens with one attached hydrogen (secondary N) is 1. The van der Waals surface area contributed by atoms with Crippen molar-refractivity contribution in [2.45, 2.75) is 6.92 Å². The van der Waals surface area contributed by atoms with Gasteiger partial charge in [-0.05, 0) is 6.92 Å². The van der Waals surface area contributed by atoms with E-state index in [1.165, 1.54) is 6.20 Å². The lowest BCUT2D eigenvalue weighted by atomic mass is 10.2. The second kappa shape index (κ2) is 6.02. The zero-order chi connectivity index (χ0) is 13.0. The number of nitrogens with zero attached hydrogens (tertiary/aromatic N) is 2. The molecule has 0 aromatic carbocycles. The Morgan fingerprint density at radius 2 is 2.22 bits per heavy atom. The van der Waals surface area contributed by atoms with Crippen LogP contribution in [0.5, 0.6) is 0 Å². The quantitative estimate of drug-likeness (QED) is 0.839. The molecule has 1 aromatic heterocycles. The van der Waals surface area contributed by atoms with Crippen LogP contribution >= 0.6 is 11.6 Å². The van der Waals surface area contributed by atoms with Crippen LogP contribution in [0.15, 0.2) is 12.4 Å². The minimum Gasteiger partial charge on any atom is -0.462 e. The highest BCUT2D eigenvalue weighted by Crippen LogP contribution is 2.29. The standard InChI is InChI=1S/C12H16ClN3O2/c1-2-18-12(17)9-7-15-8-10(13)11(9)16-5-3-14-4-6-16/h7-8,14H,2-6H2,1H3. The average molecular weight is 270 g/mol. The van der Waals surface area contributed by atoms with Gasteiger partial charge >= 0.3 is 5.97 Å². The van der Waals surface area contributed by atoms with E-state index in [0.29, 0.717) is 17.2 Å². The molecule has 98 valence electrons. The molecular formula is C12H16ClN3O2. The third-order valence-electron chi connectivity index (χ3n) is 2.80. The van der Waals surface area contributed by atoms with Crippen molar-refractivity contribution in [3.8, 4) is 0 Å². The van der Waals surface area contributed by atoms with Crippen molar-refractivity contribution in [1.82, 2.24) is 10.3 Å². The van der Waals surface area contributed by atoms with Gasteiger partial charge in [0.05, 0.1) is 17.3 Å².